The van der Waals surface area contributed by atoms with Gasteiger partial charge >= 0.3 is 0 Å². The molecule has 3 N–H and O–H groups in total. The van der Waals surface area contributed by atoms with Gasteiger partial charge in [-0.25, -0.2) is 8.42 Å². The maximum atomic E-state index is 12.2. The fourth-order valence-corrected chi connectivity index (χ4v) is 4.24. The maximum Gasteiger partial charge on any atom is 0.271 e. The Hall–Kier alpha value is -1.64. The molecule has 0 fully saturated rings. The van der Waals surface area contributed by atoms with Crippen LogP contribution in [-0.2, 0) is 10.0 Å². The molecule has 0 radical (unpaired) electrons. The minimum atomic E-state index is -3.72. The number of nitrogen functional groups attached to an aromatic ring is 1. The molecule has 0 aliphatic carbocycles. The zero-order chi connectivity index (χ0) is 14.3. The third-order valence-electron chi connectivity index (χ3n) is 2.60. The molecule has 0 saturated heterocycles. The predicted molar refractivity (Wildman–Crippen MR) is 77.1 cm³/mol. The van der Waals surface area contributed by atoms with Gasteiger partial charge in [0.25, 0.3) is 10.0 Å². The summed E-state index contributed by atoms with van der Waals surface area (Å²) in [7, 11) is -3.72. The van der Waals surface area contributed by atoms with Crippen molar-refractivity contribution in [3.8, 4) is 11.5 Å². The van der Waals surface area contributed by atoms with E-state index in [0.717, 1.165) is 11.3 Å². The number of hydrogen-bond acceptors (Lipinski definition) is 6. The van der Waals surface area contributed by atoms with Crippen molar-refractivity contribution < 1.29 is 17.9 Å². The Morgan fingerprint density at radius 1 is 1.25 bits per heavy atom. The second-order valence-electron chi connectivity index (χ2n) is 3.96. The van der Waals surface area contributed by atoms with E-state index in [9.17, 15) is 8.42 Å². The summed E-state index contributed by atoms with van der Waals surface area (Å²) in [4.78, 5) is 0. The molecule has 2 aromatic rings. The average molecular weight is 333 g/mol. The van der Waals surface area contributed by atoms with E-state index in [1.54, 1.807) is 0 Å². The molecule has 0 amide bonds. The van der Waals surface area contributed by atoms with Gasteiger partial charge in [0.1, 0.15) is 4.21 Å². The first-order valence-electron chi connectivity index (χ1n) is 5.43. The minimum absolute atomic E-state index is 0.0888. The van der Waals surface area contributed by atoms with Crippen LogP contribution in [0.25, 0.3) is 0 Å². The lowest BCUT2D eigenvalue weighted by atomic mass is 10.2. The Bertz CT molecular complexity index is 773. The maximum absolute atomic E-state index is 12.2. The summed E-state index contributed by atoms with van der Waals surface area (Å²) in [5.74, 6) is 0.936. The van der Waals surface area contributed by atoms with Crippen molar-refractivity contribution >= 4 is 44.3 Å². The number of thiophene rings is 1. The first kappa shape index (κ1) is 13.3. The molecule has 1 aromatic carbocycles. The zero-order valence-electron chi connectivity index (χ0n) is 9.92. The second kappa shape index (κ2) is 4.72. The zero-order valence-corrected chi connectivity index (χ0v) is 12.3. The molecule has 106 valence electrons. The number of nitrogens with one attached hydrogen (secondary N) is 1. The lowest BCUT2D eigenvalue weighted by Crippen LogP contribution is -2.12. The highest BCUT2D eigenvalue weighted by Gasteiger charge is 2.21. The number of nitrogens with two attached hydrogens (primary N) is 1. The molecule has 9 heteroatoms. The van der Waals surface area contributed by atoms with E-state index in [-0.39, 0.29) is 22.4 Å². The van der Waals surface area contributed by atoms with Crippen molar-refractivity contribution in [1.29, 1.82) is 0 Å². The third-order valence-corrected chi connectivity index (χ3v) is 5.69. The van der Waals surface area contributed by atoms with Gasteiger partial charge in [-0.3, -0.25) is 4.72 Å². The monoisotopic (exact) mass is 332 g/mol. The van der Waals surface area contributed by atoms with Crippen molar-refractivity contribution in [3.05, 3.63) is 28.6 Å². The van der Waals surface area contributed by atoms with Gasteiger partial charge in [-0.05, 0) is 12.1 Å². The van der Waals surface area contributed by atoms with Crippen molar-refractivity contribution in [2.45, 2.75) is 4.21 Å². The number of fused-ring (bicyclic) bond motifs is 1. The summed E-state index contributed by atoms with van der Waals surface area (Å²) in [5, 5.41) is 0. The lowest BCUT2D eigenvalue weighted by Gasteiger charge is -2.10. The van der Waals surface area contributed by atoms with Crippen LogP contribution in [0.15, 0.2) is 28.5 Å². The Labute approximate surface area is 124 Å². The smallest absolute Gasteiger partial charge is 0.271 e. The van der Waals surface area contributed by atoms with Gasteiger partial charge in [0.05, 0.1) is 15.7 Å². The standard InChI is InChI=1S/C11H9ClN2O4S2/c12-10-1-2-11(19-10)20(15,16)14-7-4-9-8(3-6(7)13)17-5-18-9/h1-4,14H,5,13H2. The number of hydrogen-bond donors (Lipinski definition) is 2. The summed E-state index contributed by atoms with van der Waals surface area (Å²) >= 11 is 6.71. The van der Waals surface area contributed by atoms with Gasteiger partial charge in [0.2, 0.25) is 6.79 Å². The van der Waals surface area contributed by atoms with E-state index in [1.165, 1.54) is 24.3 Å². The number of benzene rings is 1. The van der Waals surface area contributed by atoms with Gasteiger partial charge in [0, 0.05) is 12.1 Å². The summed E-state index contributed by atoms with van der Waals surface area (Å²) in [6.45, 7) is 0.0888. The SMILES string of the molecule is Nc1cc2c(cc1NS(=O)(=O)c1ccc(Cl)s1)OCO2. The molecule has 0 bridgehead atoms. The Kier molecular flexibility index (Phi) is 3.15. The third kappa shape index (κ3) is 2.37. The van der Waals surface area contributed by atoms with Crippen LogP contribution in [0, 0.1) is 0 Å². The van der Waals surface area contributed by atoms with Crippen LogP contribution < -0.4 is 19.9 Å². The molecule has 0 spiro atoms. The summed E-state index contributed by atoms with van der Waals surface area (Å²) in [5.41, 5.74) is 6.28. The van der Waals surface area contributed by atoms with E-state index in [4.69, 9.17) is 26.8 Å². The van der Waals surface area contributed by atoms with E-state index < -0.39 is 10.0 Å². The molecule has 2 heterocycles. The van der Waals surface area contributed by atoms with Crippen LogP contribution in [0.1, 0.15) is 0 Å². The number of rotatable bonds is 3. The highest BCUT2D eigenvalue weighted by molar-refractivity contribution is 7.94. The highest BCUT2D eigenvalue weighted by Crippen LogP contribution is 2.39. The van der Waals surface area contributed by atoms with Gasteiger partial charge in [-0.1, -0.05) is 11.6 Å². The van der Waals surface area contributed by atoms with Crippen LogP contribution in [0.5, 0.6) is 11.5 Å². The molecule has 0 atom stereocenters. The quantitative estimate of drug-likeness (QED) is 0.843. The molecule has 1 aromatic heterocycles. The summed E-state index contributed by atoms with van der Waals surface area (Å²) < 4.78 is 37.6. The molecule has 6 nitrogen and oxygen atoms in total. The van der Waals surface area contributed by atoms with E-state index in [1.807, 2.05) is 0 Å². The van der Waals surface area contributed by atoms with Gasteiger partial charge < -0.3 is 15.2 Å². The Balaban J connectivity index is 1.95. The Morgan fingerprint density at radius 3 is 2.60 bits per heavy atom. The van der Waals surface area contributed by atoms with Crippen molar-refractivity contribution in [2.75, 3.05) is 17.2 Å². The topological polar surface area (TPSA) is 90.7 Å². The number of halogens is 1. The second-order valence-corrected chi connectivity index (χ2v) is 7.58. The van der Waals surface area contributed by atoms with E-state index in [2.05, 4.69) is 4.72 Å². The molecule has 1 aliphatic rings. The first-order valence-corrected chi connectivity index (χ1v) is 8.11. The molecule has 0 saturated carbocycles. The van der Waals surface area contributed by atoms with E-state index >= 15 is 0 Å². The van der Waals surface area contributed by atoms with Gasteiger partial charge in [0.15, 0.2) is 11.5 Å². The number of ether oxygens (including phenoxy) is 2. The van der Waals surface area contributed by atoms with Gasteiger partial charge in [-0.15, -0.1) is 11.3 Å². The first-order chi connectivity index (χ1) is 9.45. The highest BCUT2D eigenvalue weighted by atomic mass is 35.5. The fraction of sp³-hybridized carbons (Fsp3) is 0.0909. The number of sulfonamides is 1. The van der Waals surface area contributed by atoms with Crippen molar-refractivity contribution in [2.24, 2.45) is 0 Å². The number of anilines is 2. The van der Waals surface area contributed by atoms with Crippen molar-refractivity contribution in [3.63, 3.8) is 0 Å². The van der Waals surface area contributed by atoms with E-state index in [0.29, 0.717) is 15.8 Å². The molecule has 20 heavy (non-hydrogen) atoms. The molecule has 1 aliphatic heterocycles. The predicted octanol–water partition coefficient (Wildman–Crippen LogP) is 2.51. The van der Waals surface area contributed by atoms with Crippen LogP contribution >= 0.6 is 22.9 Å². The normalized spacial score (nSPS) is 13.4. The van der Waals surface area contributed by atoms with Crippen LogP contribution in [0.3, 0.4) is 0 Å². The Morgan fingerprint density at radius 2 is 1.95 bits per heavy atom. The lowest BCUT2D eigenvalue weighted by molar-refractivity contribution is 0.174. The average Bonchev–Trinajstić information content (AvgIpc) is 2.98. The minimum Gasteiger partial charge on any atom is -0.454 e. The largest absolute Gasteiger partial charge is 0.454 e. The van der Waals surface area contributed by atoms with Crippen LogP contribution in [-0.4, -0.2) is 15.2 Å². The fourth-order valence-electron chi connectivity index (χ4n) is 1.68. The summed E-state index contributed by atoms with van der Waals surface area (Å²) in [6, 6.07) is 5.95. The molecular weight excluding hydrogens is 324 g/mol. The van der Waals surface area contributed by atoms with Gasteiger partial charge in [-0.2, -0.15) is 0 Å². The molecular formula is C11H9ClN2O4S2. The summed E-state index contributed by atoms with van der Waals surface area (Å²) in [6.07, 6.45) is 0. The molecule has 0 unspecified atom stereocenters. The van der Waals surface area contributed by atoms with Crippen molar-refractivity contribution in [1.82, 2.24) is 0 Å². The molecule has 3 rings (SSSR count). The van der Waals surface area contributed by atoms with Crippen LogP contribution in [0.2, 0.25) is 4.34 Å². The van der Waals surface area contributed by atoms with Crippen LogP contribution in [0.4, 0.5) is 11.4 Å².